The molecule has 26 heavy (non-hydrogen) atoms. The summed E-state index contributed by atoms with van der Waals surface area (Å²) in [6.07, 6.45) is 6.55. The van der Waals surface area contributed by atoms with E-state index < -0.39 is 5.82 Å². The lowest BCUT2D eigenvalue weighted by molar-refractivity contribution is -0.117. The molecule has 1 N–H and O–H groups in total. The van der Waals surface area contributed by atoms with Crippen molar-refractivity contribution in [1.29, 1.82) is 0 Å². The average molecular weight is 356 g/mol. The highest BCUT2D eigenvalue weighted by atomic mass is 19.1. The fraction of sp³-hybridized carbons (Fsp3) is 0.421. The summed E-state index contributed by atoms with van der Waals surface area (Å²) in [7, 11) is 0. The van der Waals surface area contributed by atoms with Crippen molar-refractivity contribution in [2.45, 2.75) is 31.6 Å². The normalized spacial score (nSPS) is 20.7. The van der Waals surface area contributed by atoms with Crippen molar-refractivity contribution in [1.82, 2.24) is 14.9 Å². The van der Waals surface area contributed by atoms with Crippen molar-refractivity contribution in [2.24, 2.45) is 0 Å². The highest BCUT2D eigenvalue weighted by Gasteiger charge is 2.29. The van der Waals surface area contributed by atoms with Crippen LogP contribution in [0.1, 0.15) is 47.8 Å². The number of halogens is 1. The van der Waals surface area contributed by atoms with Crippen LogP contribution in [-0.4, -0.2) is 46.3 Å². The fourth-order valence-electron chi connectivity index (χ4n) is 3.82. The third-order valence-corrected chi connectivity index (χ3v) is 5.18. The predicted octanol–water partition coefficient (Wildman–Crippen LogP) is 2.70. The summed E-state index contributed by atoms with van der Waals surface area (Å²) < 4.78 is 14.4. The van der Waals surface area contributed by atoms with Crippen molar-refractivity contribution in [3.05, 3.63) is 47.8 Å². The van der Waals surface area contributed by atoms with Gasteiger partial charge in [-0.05, 0) is 37.5 Å². The maximum Gasteiger partial charge on any atom is 0.256 e. The van der Waals surface area contributed by atoms with Crippen LogP contribution in [0.2, 0.25) is 0 Å². The van der Waals surface area contributed by atoms with Crippen LogP contribution in [-0.2, 0) is 4.79 Å². The molecule has 2 aromatic rings. The first-order chi connectivity index (χ1) is 12.6. The van der Waals surface area contributed by atoms with Crippen molar-refractivity contribution in [2.75, 3.05) is 24.5 Å². The lowest BCUT2D eigenvalue weighted by atomic mass is 9.96. The number of anilines is 1. The van der Waals surface area contributed by atoms with Gasteiger partial charge < -0.3 is 14.8 Å². The summed E-state index contributed by atoms with van der Waals surface area (Å²) in [5, 5.41) is 0. The SMILES string of the molecule is O=C(c1cc(N2CCCC2=O)ccc1F)N1CCCC(c2ncc[nH]2)C1. The molecule has 0 bridgehead atoms. The van der Waals surface area contributed by atoms with E-state index in [1.54, 1.807) is 28.3 Å². The number of piperidine rings is 1. The zero-order valence-corrected chi connectivity index (χ0v) is 14.4. The quantitative estimate of drug-likeness (QED) is 0.919. The Balaban J connectivity index is 1.56. The Hall–Kier alpha value is -2.70. The van der Waals surface area contributed by atoms with Crippen LogP contribution in [0.25, 0.3) is 0 Å². The minimum atomic E-state index is -0.550. The molecule has 2 aliphatic heterocycles. The van der Waals surface area contributed by atoms with E-state index in [2.05, 4.69) is 9.97 Å². The summed E-state index contributed by atoms with van der Waals surface area (Å²) in [5.74, 6) is 0.136. The standard InChI is InChI=1S/C19H21FN4O2/c20-16-6-5-14(24-10-2-4-17(24)25)11-15(16)19(26)23-9-1-3-13(12-23)18-21-7-8-22-18/h5-8,11,13H,1-4,9-10,12H2,(H,21,22). The second kappa shape index (κ2) is 6.90. The lowest BCUT2D eigenvalue weighted by Gasteiger charge is -2.32. The van der Waals surface area contributed by atoms with Gasteiger partial charge in [-0.15, -0.1) is 0 Å². The number of benzene rings is 1. The number of amides is 2. The molecule has 6 nitrogen and oxygen atoms in total. The molecule has 2 amide bonds. The summed E-state index contributed by atoms with van der Waals surface area (Å²) >= 11 is 0. The van der Waals surface area contributed by atoms with E-state index >= 15 is 0 Å². The molecule has 0 spiro atoms. The molecule has 7 heteroatoms. The number of likely N-dealkylation sites (tertiary alicyclic amines) is 1. The largest absolute Gasteiger partial charge is 0.348 e. The Kier molecular flexibility index (Phi) is 4.44. The van der Waals surface area contributed by atoms with E-state index in [4.69, 9.17) is 0 Å². The number of H-pyrrole nitrogens is 1. The van der Waals surface area contributed by atoms with Gasteiger partial charge in [0, 0.05) is 50.1 Å². The number of imidazole rings is 1. The van der Waals surface area contributed by atoms with E-state index in [1.807, 2.05) is 0 Å². The molecule has 1 aromatic heterocycles. The van der Waals surface area contributed by atoms with Gasteiger partial charge in [-0.3, -0.25) is 9.59 Å². The molecular weight excluding hydrogens is 335 g/mol. The number of carbonyl (C=O) groups excluding carboxylic acids is 2. The number of hydrogen-bond acceptors (Lipinski definition) is 3. The summed E-state index contributed by atoms with van der Waals surface area (Å²) in [6, 6.07) is 4.36. The van der Waals surface area contributed by atoms with E-state index in [9.17, 15) is 14.0 Å². The average Bonchev–Trinajstić information content (AvgIpc) is 3.34. The smallest absolute Gasteiger partial charge is 0.256 e. The molecule has 1 unspecified atom stereocenters. The zero-order valence-electron chi connectivity index (χ0n) is 14.4. The second-order valence-electron chi connectivity index (χ2n) is 6.88. The second-order valence-corrected chi connectivity index (χ2v) is 6.88. The van der Waals surface area contributed by atoms with Gasteiger partial charge in [0.15, 0.2) is 0 Å². The lowest BCUT2D eigenvalue weighted by Crippen LogP contribution is -2.39. The molecule has 4 rings (SSSR count). The number of aromatic nitrogens is 2. The summed E-state index contributed by atoms with van der Waals surface area (Å²) in [5.41, 5.74) is 0.624. The Morgan fingerprint density at radius 2 is 2.15 bits per heavy atom. The molecule has 0 aliphatic carbocycles. The Morgan fingerprint density at radius 3 is 2.88 bits per heavy atom. The Labute approximate surface area is 151 Å². The maximum absolute atomic E-state index is 14.4. The van der Waals surface area contributed by atoms with Crippen molar-refractivity contribution < 1.29 is 14.0 Å². The number of carbonyl (C=O) groups is 2. The molecule has 0 saturated carbocycles. The molecule has 136 valence electrons. The van der Waals surface area contributed by atoms with Gasteiger partial charge in [0.2, 0.25) is 5.91 Å². The van der Waals surface area contributed by atoms with Gasteiger partial charge in [-0.25, -0.2) is 9.37 Å². The molecule has 2 fully saturated rings. The van der Waals surface area contributed by atoms with E-state index in [1.165, 1.54) is 12.1 Å². The first kappa shape index (κ1) is 16.8. The van der Waals surface area contributed by atoms with Gasteiger partial charge in [-0.1, -0.05) is 0 Å². The van der Waals surface area contributed by atoms with Crippen LogP contribution < -0.4 is 4.90 Å². The fourth-order valence-corrected chi connectivity index (χ4v) is 3.82. The third kappa shape index (κ3) is 3.09. The van der Waals surface area contributed by atoms with Crippen molar-refractivity contribution >= 4 is 17.5 Å². The van der Waals surface area contributed by atoms with Crippen LogP contribution in [0.4, 0.5) is 10.1 Å². The molecule has 0 radical (unpaired) electrons. The van der Waals surface area contributed by atoms with Crippen LogP contribution in [0.3, 0.4) is 0 Å². The zero-order chi connectivity index (χ0) is 18.1. The number of aromatic amines is 1. The number of hydrogen-bond donors (Lipinski definition) is 1. The van der Waals surface area contributed by atoms with E-state index in [0.717, 1.165) is 25.1 Å². The molecular formula is C19H21FN4O2. The number of rotatable bonds is 3. The minimum absolute atomic E-state index is 0.0193. The van der Waals surface area contributed by atoms with Gasteiger partial charge in [0.25, 0.3) is 5.91 Å². The van der Waals surface area contributed by atoms with Crippen LogP contribution in [0, 0.1) is 5.82 Å². The van der Waals surface area contributed by atoms with Gasteiger partial charge >= 0.3 is 0 Å². The first-order valence-electron chi connectivity index (χ1n) is 9.02. The predicted molar refractivity (Wildman–Crippen MR) is 94.5 cm³/mol. The van der Waals surface area contributed by atoms with Gasteiger partial charge in [0.05, 0.1) is 5.56 Å². The van der Waals surface area contributed by atoms with Crippen LogP contribution in [0.5, 0.6) is 0 Å². The monoisotopic (exact) mass is 356 g/mol. The number of nitrogens with one attached hydrogen (secondary N) is 1. The van der Waals surface area contributed by atoms with Gasteiger partial charge in [0.1, 0.15) is 11.6 Å². The van der Waals surface area contributed by atoms with E-state index in [-0.39, 0.29) is 23.3 Å². The summed E-state index contributed by atoms with van der Waals surface area (Å²) in [4.78, 5) is 35.6. The van der Waals surface area contributed by atoms with Crippen LogP contribution >= 0.6 is 0 Å². The van der Waals surface area contributed by atoms with Crippen molar-refractivity contribution in [3.8, 4) is 0 Å². The van der Waals surface area contributed by atoms with E-state index in [0.29, 0.717) is 31.7 Å². The Morgan fingerprint density at radius 1 is 1.27 bits per heavy atom. The molecule has 3 heterocycles. The van der Waals surface area contributed by atoms with Gasteiger partial charge in [-0.2, -0.15) is 0 Å². The first-order valence-corrected chi connectivity index (χ1v) is 9.02. The third-order valence-electron chi connectivity index (χ3n) is 5.18. The highest BCUT2D eigenvalue weighted by Crippen LogP contribution is 2.28. The molecule has 1 aromatic carbocycles. The van der Waals surface area contributed by atoms with Crippen molar-refractivity contribution in [3.63, 3.8) is 0 Å². The topological polar surface area (TPSA) is 69.3 Å². The maximum atomic E-state index is 14.4. The highest BCUT2D eigenvalue weighted by molar-refractivity contribution is 5.99. The van der Waals surface area contributed by atoms with Crippen LogP contribution in [0.15, 0.2) is 30.6 Å². The number of nitrogens with zero attached hydrogens (tertiary/aromatic N) is 3. The Bertz CT molecular complexity index is 821. The molecule has 2 aliphatic rings. The summed E-state index contributed by atoms with van der Waals surface area (Å²) in [6.45, 7) is 1.73. The molecule has 2 saturated heterocycles. The molecule has 1 atom stereocenters. The minimum Gasteiger partial charge on any atom is -0.348 e.